The summed E-state index contributed by atoms with van der Waals surface area (Å²) in [5.41, 5.74) is 0.401. The Morgan fingerprint density at radius 2 is 1.31 bits per heavy atom. The van der Waals surface area contributed by atoms with Crippen LogP contribution in [0.15, 0.2) is 54.6 Å². The Morgan fingerprint density at radius 1 is 0.690 bits per heavy atom. The molecule has 0 radical (unpaired) electrons. The first-order chi connectivity index (χ1) is 14.2. The quantitative estimate of drug-likeness (QED) is 0.283. The maximum atomic E-state index is 9.35. The zero-order valence-corrected chi connectivity index (χ0v) is 16.6. The minimum absolute atomic E-state index is 0.162. The predicted octanol–water partition coefficient (Wildman–Crippen LogP) is 3.89. The molecule has 4 aromatic rings. The van der Waals surface area contributed by atoms with Gasteiger partial charge in [0, 0.05) is 6.61 Å². The van der Waals surface area contributed by atoms with Crippen LogP contribution in [0.4, 0.5) is 0 Å². The molecule has 0 saturated heterocycles. The number of rotatable bonds is 10. The summed E-state index contributed by atoms with van der Waals surface area (Å²) >= 11 is 0. The number of ether oxygens (including phenoxy) is 1. The second-order valence-corrected chi connectivity index (χ2v) is 8.06. The van der Waals surface area contributed by atoms with E-state index in [1.807, 2.05) is 0 Å². The summed E-state index contributed by atoms with van der Waals surface area (Å²) in [6, 6.07) is 19.8. The average molecular weight is 392 g/mol. The number of benzene rings is 4. The van der Waals surface area contributed by atoms with E-state index in [0.29, 0.717) is 6.61 Å². The van der Waals surface area contributed by atoms with E-state index in [1.165, 1.54) is 37.9 Å². The third-order valence-corrected chi connectivity index (χ3v) is 6.02. The molecule has 4 rings (SSSR count). The lowest BCUT2D eigenvalue weighted by molar-refractivity contribution is -0.0581. The first-order valence-corrected chi connectivity index (χ1v) is 10.3. The van der Waals surface area contributed by atoms with E-state index in [1.54, 1.807) is 0 Å². The summed E-state index contributed by atoms with van der Waals surface area (Å²) in [6.45, 7) is -0.156. The second kappa shape index (κ2) is 8.64. The van der Waals surface area contributed by atoms with Crippen LogP contribution in [0.1, 0.15) is 18.4 Å². The maximum absolute atomic E-state index is 9.35. The van der Waals surface area contributed by atoms with Crippen LogP contribution in [0.3, 0.4) is 0 Å². The monoisotopic (exact) mass is 392 g/mol. The van der Waals surface area contributed by atoms with Gasteiger partial charge in [0.2, 0.25) is 0 Å². The zero-order chi connectivity index (χ0) is 20.3. The molecule has 0 aliphatic carbocycles. The summed E-state index contributed by atoms with van der Waals surface area (Å²) in [7, 11) is 0. The van der Waals surface area contributed by atoms with Crippen LogP contribution in [0.5, 0.6) is 0 Å². The summed E-state index contributed by atoms with van der Waals surface area (Å²) in [5.74, 6) is 0. The fourth-order valence-electron chi connectivity index (χ4n) is 4.11. The molecular formula is C25H28O4. The molecule has 0 aliphatic rings. The molecule has 0 heterocycles. The highest BCUT2D eigenvalue weighted by Gasteiger charge is 2.28. The molecule has 0 saturated carbocycles. The van der Waals surface area contributed by atoms with E-state index < -0.39 is 5.41 Å². The van der Waals surface area contributed by atoms with Gasteiger partial charge in [-0.05, 0) is 57.1 Å². The van der Waals surface area contributed by atoms with Crippen molar-refractivity contribution in [3.05, 3.63) is 60.2 Å². The first kappa shape index (κ1) is 20.0. The molecule has 0 atom stereocenters. The predicted molar refractivity (Wildman–Crippen MR) is 118 cm³/mol. The van der Waals surface area contributed by atoms with E-state index >= 15 is 0 Å². The summed E-state index contributed by atoms with van der Waals surface area (Å²) in [4.78, 5) is 0. The van der Waals surface area contributed by atoms with Crippen molar-refractivity contribution in [2.75, 3.05) is 33.0 Å². The Balaban J connectivity index is 1.44. The number of hydrogen-bond donors (Lipinski definition) is 3. The van der Waals surface area contributed by atoms with Crippen molar-refractivity contribution in [1.29, 1.82) is 0 Å². The molecule has 4 aromatic carbocycles. The molecule has 0 bridgehead atoms. The molecule has 0 amide bonds. The largest absolute Gasteiger partial charge is 0.396 e. The van der Waals surface area contributed by atoms with Gasteiger partial charge in [-0.1, -0.05) is 54.6 Å². The van der Waals surface area contributed by atoms with Crippen LogP contribution in [0.25, 0.3) is 32.3 Å². The van der Waals surface area contributed by atoms with Crippen molar-refractivity contribution in [3.8, 4) is 0 Å². The highest BCUT2D eigenvalue weighted by Crippen LogP contribution is 2.36. The van der Waals surface area contributed by atoms with Gasteiger partial charge < -0.3 is 20.1 Å². The summed E-state index contributed by atoms with van der Waals surface area (Å²) in [6.07, 6.45) is 2.86. The van der Waals surface area contributed by atoms with Crippen LogP contribution in [0.2, 0.25) is 0 Å². The minimum Gasteiger partial charge on any atom is -0.396 e. The van der Waals surface area contributed by atoms with Crippen molar-refractivity contribution < 1.29 is 20.1 Å². The van der Waals surface area contributed by atoms with Crippen LogP contribution >= 0.6 is 0 Å². The van der Waals surface area contributed by atoms with Crippen molar-refractivity contribution in [2.24, 2.45) is 5.41 Å². The van der Waals surface area contributed by atoms with Gasteiger partial charge in [0.05, 0.1) is 31.8 Å². The molecular weight excluding hydrogens is 364 g/mol. The number of aliphatic hydroxyl groups is 3. The molecule has 0 aliphatic heterocycles. The Hall–Kier alpha value is -2.24. The fourth-order valence-corrected chi connectivity index (χ4v) is 4.11. The normalized spacial score (nSPS) is 12.5. The number of aryl methyl sites for hydroxylation is 1. The lowest BCUT2D eigenvalue weighted by Gasteiger charge is -2.26. The van der Waals surface area contributed by atoms with E-state index in [9.17, 15) is 15.3 Å². The molecule has 3 N–H and O–H groups in total. The zero-order valence-electron chi connectivity index (χ0n) is 16.6. The van der Waals surface area contributed by atoms with Gasteiger partial charge >= 0.3 is 0 Å². The minimum atomic E-state index is -0.952. The average Bonchev–Trinajstić information content (AvgIpc) is 2.78. The third-order valence-electron chi connectivity index (χ3n) is 6.02. The number of hydrogen-bond acceptors (Lipinski definition) is 4. The molecule has 152 valence electrons. The molecule has 0 aromatic heterocycles. The standard InChI is InChI=1S/C25H28O4/c26-14-25(15-27,16-28)17-29-13-2-1-4-18-7-8-21-10-9-19-5-3-6-20-11-12-22(18)24(21)23(19)20/h3,5-12,26-28H,1-2,4,13-17H2. The second-order valence-electron chi connectivity index (χ2n) is 8.06. The van der Waals surface area contributed by atoms with Crippen LogP contribution in [-0.2, 0) is 11.2 Å². The van der Waals surface area contributed by atoms with E-state index in [0.717, 1.165) is 19.3 Å². The smallest absolute Gasteiger partial charge is 0.0629 e. The SMILES string of the molecule is OCC(CO)(CO)COCCCCc1ccc2ccc3cccc4ccc1c2c34. The third kappa shape index (κ3) is 3.81. The summed E-state index contributed by atoms with van der Waals surface area (Å²) < 4.78 is 5.61. The van der Waals surface area contributed by atoms with E-state index in [2.05, 4.69) is 54.6 Å². The van der Waals surface area contributed by atoms with Gasteiger partial charge in [0.15, 0.2) is 0 Å². The van der Waals surface area contributed by atoms with Crippen molar-refractivity contribution in [1.82, 2.24) is 0 Å². The van der Waals surface area contributed by atoms with Gasteiger partial charge in [-0.3, -0.25) is 0 Å². The van der Waals surface area contributed by atoms with Gasteiger partial charge in [0.25, 0.3) is 0 Å². The Morgan fingerprint density at radius 3 is 2.00 bits per heavy atom. The van der Waals surface area contributed by atoms with Gasteiger partial charge in [-0.2, -0.15) is 0 Å². The van der Waals surface area contributed by atoms with Gasteiger partial charge in [-0.15, -0.1) is 0 Å². The Bertz CT molecular complexity index is 1060. The molecule has 0 unspecified atom stereocenters. The highest BCUT2D eigenvalue weighted by atomic mass is 16.5. The van der Waals surface area contributed by atoms with Crippen molar-refractivity contribution in [2.45, 2.75) is 19.3 Å². The lowest BCUT2D eigenvalue weighted by Crippen LogP contribution is -2.38. The van der Waals surface area contributed by atoms with Gasteiger partial charge in [0.1, 0.15) is 0 Å². The van der Waals surface area contributed by atoms with Crippen molar-refractivity contribution >= 4 is 32.3 Å². The molecule has 4 nitrogen and oxygen atoms in total. The number of aliphatic hydroxyl groups excluding tert-OH is 3. The Kier molecular flexibility index (Phi) is 5.97. The highest BCUT2D eigenvalue weighted by molar-refractivity contribution is 6.23. The van der Waals surface area contributed by atoms with Crippen molar-refractivity contribution in [3.63, 3.8) is 0 Å². The van der Waals surface area contributed by atoms with E-state index in [4.69, 9.17) is 4.74 Å². The molecule has 0 fully saturated rings. The topological polar surface area (TPSA) is 69.9 Å². The molecule has 4 heteroatoms. The lowest BCUT2D eigenvalue weighted by atomic mass is 9.90. The fraction of sp³-hybridized carbons (Fsp3) is 0.360. The summed E-state index contributed by atoms with van der Waals surface area (Å²) in [5, 5.41) is 35.9. The molecule has 29 heavy (non-hydrogen) atoms. The first-order valence-electron chi connectivity index (χ1n) is 10.3. The van der Waals surface area contributed by atoms with Crippen LogP contribution in [0, 0.1) is 5.41 Å². The van der Waals surface area contributed by atoms with Crippen LogP contribution in [-0.4, -0.2) is 48.4 Å². The maximum Gasteiger partial charge on any atom is 0.0629 e. The number of unbranched alkanes of at least 4 members (excludes halogenated alkanes) is 1. The molecule has 0 spiro atoms. The van der Waals surface area contributed by atoms with Gasteiger partial charge in [-0.25, -0.2) is 0 Å². The van der Waals surface area contributed by atoms with Crippen LogP contribution < -0.4 is 0 Å². The van der Waals surface area contributed by atoms with E-state index in [-0.39, 0.29) is 26.4 Å². The Labute approximate surface area is 170 Å².